The Labute approximate surface area is 204 Å². The lowest BCUT2D eigenvalue weighted by molar-refractivity contribution is -0.396. The van der Waals surface area contributed by atoms with E-state index in [2.05, 4.69) is 0 Å². The van der Waals surface area contributed by atoms with Gasteiger partial charge in [-0.2, -0.15) is 39.5 Å². The van der Waals surface area contributed by atoms with Gasteiger partial charge >= 0.3 is 23.9 Å². The molecule has 0 bridgehead atoms. The minimum absolute atomic E-state index is 0.495. The summed E-state index contributed by atoms with van der Waals surface area (Å²) in [5.41, 5.74) is 0. The fraction of sp³-hybridized carbons (Fsp3) is 0.308. The summed E-state index contributed by atoms with van der Waals surface area (Å²) in [7, 11) is -3.15. The molecule has 3 aromatic carbocycles. The van der Waals surface area contributed by atoms with Crippen molar-refractivity contribution in [2.24, 2.45) is 0 Å². The van der Waals surface area contributed by atoms with Gasteiger partial charge in [-0.3, -0.25) is 0 Å². The van der Waals surface area contributed by atoms with Crippen molar-refractivity contribution in [2.75, 3.05) is 6.16 Å². The highest BCUT2D eigenvalue weighted by molar-refractivity contribution is 7.95. The third kappa shape index (κ3) is 5.41. The number of hydrogen-bond acceptors (Lipinski definition) is 0. The van der Waals surface area contributed by atoms with Gasteiger partial charge in [-0.05, 0) is 36.4 Å². The van der Waals surface area contributed by atoms with Crippen LogP contribution in [0.25, 0.3) is 0 Å². The van der Waals surface area contributed by atoms with Crippen LogP contribution in [0.15, 0.2) is 91.0 Å². The number of rotatable bonds is 8. The molecule has 196 valence electrons. The van der Waals surface area contributed by atoms with Gasteiger partial charge in [0, 0.05) is 0 Å². The van der Waals surface area contributed by atoms with Crippen LogP contribution in [0.3, 0.4) is 0 Å². The lowest BCUT2D eigenvalue weighted by Crippen LogP contribution is -2.61. The van der Waals surface area contributed by atoms with Gasteiger partial charge in [-0.25, -0.2) is 0 Å². The van der Waals surface area contributed by atoms with Crippen molar-refractivity contribution in [3.05, 3.63) is 91.0 Å². The van der Waals surface area contributed by atoms with Gasteiger partial charge in [0.2, 0.25) is 0 Å². The third-order valence-corrected chi connectivity index (χ3v) is 10.00. The molecule has 0 fully saturated rings. The number of hydrogen-bond donors (Lipinski definition) is 0. The van der Waals surface area contributed by atoms with Gasteiger partial charge in [0.1, 0.15) is 23.2 Å². The SMILES string of the molecule is CC.FC(F)(F)C(F)(F)C(F)(F)C(F)(F)CC[P+](c1ccccc1)(c1ccccc1)c1ccccc1. The summed E-state index contributed by atoms with van der Waals surface area (Å²) >= 11 is 0. The largest absolute Gasteiger partial charge is 0.460 e. The number of benzene rings is 3. The first-order valence-electron chi connectivity index (χ1n) is 11.0. The normalized spacial score (nSPS) is 13.1. The van der Waals surface area contributed by atoms with Crippen molar-refractivity contribution in [3.8, 4) is 0 Å². The van der Waals surface area contributed by atoms with Crippen LogP contribution in [0, 0.1) is 0 Å². The zero-order valence-electron chi connectivity index (χ0n) is 19.4. The molecule has 0 radical (unpaired) electrons. The predicted octanol–water partition coefficient (Wildman–Crippen LogP) is 7.87. The van der Waals surface area contributed by atoms with Crippen LogP contribution in [0.5, 0.6) is 0 Å². The topological polar surface area (TPSA) is 0 Å². The van der Waals surface area contributed by atoms with E-state index in [1.165, 1.54) is 0 Å². The fourth-order valence-electron chi connectivity index (χ4n) is 3.75. The summed E-state index contributed by atoms with van der Waals surface area (Å²) in [5, 5.41) is 1.48. The Morgan fingerprint density at radius 1 is 0.500 bits per heavy atom. The van der Waals surface area contributed by atoms with E-state index in [0.29, 0.717) is 15.9 Å². The molecule has 0 N–H and O–H groups in total. The molecule has 3 rings (SSSR count). The van der Waals surface area contributed by atoms with Crippen LogP contribution in [-0.2, 0) is 0 Å². The minimum atomic E-state index is -6.91. The maximum Gasteiger partial charge on any atom is 0.460 e. The van der Waals surface area contributed by atoms with Crippen LogP contribution >= 0.6 is 7.26 Å². The zero-order valence-corrected chi connectivity index (χ0v) is 20.3. The van der Waals surface area contributed by atoms with Crippen molar-refractivity contribution in [1.82, 2.24) is 0 Å². The summed E-state index contributed by atoms with van der Waals surface area (Å²) in [5.74, 6) is -19.2. The lowest BCUT2D eigenvalue weighted by atomic mass is 10.0. The van der Waals surface area contributed by atoms with E-state index in [4.69, 9.17) is 0 Å². The summed E-state index contributed by atoms with van der Waals surface area (Å²) < 4.78 is 122. The molecule has 0 saturated heterocycles. The van der Waals surface area contributed by atoms with Crippen LogP contribution in [0.2, 0.25) is 0 Å². The van der Waals surface area contributed by atoms with Gasteiger partial charge in [0.05, 0.1) is 12.6 Å². The molecule has 0 atom stereocenters. The molecule has 0 aromatic heterocycles. The average Bonchev–Trinajstić information content (AvgIpc) is 2.87. The maximum absolute atomic E-state index is 14.6. The molecule has 3 aromatic rings. The van der Waals surface area contributed by atoms with Gasteiger partial charge in [-0.1, -0.05) is 68.4 Å². The Bertz CT molecular complexity index is 970. The standard InChI is InChI=1S/C24H19F9P.C2H6/c25-21(26,22(27,28)23(29,30)24(31,32)33)16-17-34(18-10-4-1-5-11-18,19-12-6-2-7-13-19)20-14-8-3-9-15-20;1-2/h1-15H,16-17H2;1-2H3/q+1;. The van der Waals surface area contributed by atoms with Gasteiger partial charge < -0.3 is 0 Å². The molecule has 0 saturated carbocycles. The monoisotopic (exact) mass is 539 g/mol. The molecule has 36 heavy (non-hydrogen) atoms. The molecule has 0 unspecified atom stereocenters. The zero-order chi connectivity index (χ0) is 27.3. The van der Waals surface area contributed by atoms with Gasteiger partial charge in [0.15, 0.2) is 0 Å². The lowest BCUT2D eigenvalue weighted by Gasteiger charge is -2.35. The molecule has 0 aliphatic heterocycles. The molecule has 0 nitrogen and oxygen atoms in total. The van der Waals surface area contributed by atoms with Crippen molar-refractivity contribution in [2.45, 2.75) is 44.2 Å². The van der Waals surface area contributed by atoms with E-state index in [1.807, 2.05) is 13.8 Å². The highest BCUT2D eigenvalue weighted by atomic mass is 31.2. The van der Waals surface area contributed by atoms with E-state index >= 15 is 0 Å². The van der Waals surface area contributed by atoms with Gasteiger partial charge in [-0.15, -0.1) is 0 Å². The first kappa shape index (κ1) is 29.7. The average molecular weight is 539 g/mol. The first-order chi connectivity index (χ1) is 16.8. The Hall–Kier alpha value is -2.54. The molecule has 0 amide bonds. The molecule has 10 heteroatoms. The van der Waals surface area contributed by atoms with E-state index in [0.717, 1.165) is 0 Å². The quantitative estimate of drug-likeness (QED) is 0.202. The third-order valence-electron chi connectivity index (χ3n) is 5.56. The van der Waals surface area contributed by atoms with Gasteiger partial charge in [0.25, 0.3) is 0 Å². The van der Waals surface area contributed by atoms with Crippen molar-refractivity contribution < 1.29 is 39.5 Å². The molecular formula is C26H25F9P+. The van der Waals surface area contributed by atoms with Crippen molar-refractivity contribution in [3.63, 3.8) is 0 Å². The van der Waals surface area contributed by atoms with Crippen LogP contribution < -0.4 is 15.9 Å². The highest BCUT2D eigenvalue weighted by Crippen LogP contribution is 2.60. The van der Waals surface area contributed by atoms with E-state index in [-0.39, 0.29) is 0 Å². The molecule has 0 spiro atoms. The predicted molar refractivity (Wildman–Crippen MR) is 127 cm³/mol. The summed E-state index contributed by atoms with van der Waals surface area (Å²) in [6, 6.07) is 24.3. The molecule has 0 aliphatic carbocycles. The Morgan fingerprint density at radius 2 is 0.806 bits per heavy atom. The first-order valence-corrected chi connectivity index (χ1v) is 13.0. The molecule has 0 heterocycles. The summed E-state index contributed by atoms with van der Waals surface area (Å²) in [4.78, 5) is 0. The number of alkyl halides is 9. The van der Waals surface area contributed by atoms with Crippen LogP contribution in [0.1, 0.15) is 20.3 Å². The van der Waals surface area contributed by atoms with Crippen molar-refractivity contribution >= 4 is 23.2 Å². The second-order valence-electron chi connectivity index (χ2n) is 7.64. The molecule has 0 aliphatic rings. The van der Waals surface area contributed by atoms with E-state index in [9.17, 15) is 39.5 Å². The minimum Gasteiger partial charge on any atom is -0.199 e. The highest BCUT2D eigenvalue weighted by Gasteiger charge is 2.81. The van der Waals surface area contributed by atoms with E-state index < -0.39 is 43.8 Å². The van der Waals surface area contributed by atoms with E-state index in [1.54, 1.807) is 91.0 Å². The smallest absolute Gasteiger partial charge is 0.199 e. The fourth-order valence-corrected chi connectivity index (χ4v) is 8.08. The maximum atomic E-state index is 14.6. The molecular weight excluding hydrogens is 514 g/mol. The van der Waals surface area contributed by atoms with Crippen molar-refractivity contribution in [1.29, 1.82) is 0 Å². The van der Waals surface area contributed by atoms with Crippen LogP contribution in [0.4, 0.5) is 39.5 Å². The Balaban J connectivity index is 0.00000222. The summed E-state index contributed by atoms with van der Waals surface area (Å²) in [6.45, 7) is 4.00. The van der Waals surface area contributed by atoms with Crippen LogP contribution in [-0.4, -0.2) is 30.1 Å². The second kappa shape index (κ2) is 11.2. The number of halogens is 9. The summed E-state index contributed by atoms with van der Waals surface area (Å²) in [6.07, 6.45) is -9.50. The Morgan fingerprint density at radius 3 is 1.08 bits per heavy atom. The Kier molecular flexibility index (Phi) is 9.27. The second-order valence-corrected chi connectivity index (χ2v) is 11.3.